The zero-order valence-electron chi connectivity index (χ0n) is 34.0. The van der Waals surface area contributed by atoms with Crippen molar-refractivity contribution >= 4 is 92.8 Å². The van der Waals surface area contributed by atoms with Gasteiger partial charge in [0.1, 0.15) is 0 Å². The van der Waals surface area contributed by atoms with Gasteiger partial charge in [-0.15, -0.1) is 0 Å². The van der Waals surface area contributed by atoms with Crippen LogP contribution in [0.2, 0.25) is 0 Å². The predicted molar refractivity (Wildman–Crippen MR) is 262 cm³/mol. The van der Waals surface area contributed by atoms with Gasteiger partial charge in [-0.2, -0.15) is 0 Å². The van der Waals surface area contributed by atoms with Crippen LogP contribution in [0.5, 0.6) is 0 Å². The minimum Gasteiger partial charge on any atom is -0.309 e. The molecular formula is C54H39N5O2P2. The lowest BCUT2D eigenvalue weighted by atomic mass is 10.2. The Bertz CT molecular complexity index is 3090. The smallest absolute Gasteiger partial charge is 0.301 e. The van der Waals surface area contributed by atoms with E-state index < -0.39 is 14.9 Å². The maximum Gasteiger partial charge on any atom is 0.301 e. The summed E-state index contributed by atoms with van der Waals surface area (Å²) < 4.78 is 45.3. The van der Waals surface area contributed by atoms with Gasteiger partial charge in [0.2, 0.25) is 0 Å². The molecule has 0 saturated heterocycles. The van der Waals surface area contributed by atoms with E-state index in [9.17, 15) is 0 Å². The number of nitrogens with zero attached hydrogens (tertiary/aromatic N) is 5. The molecule has 0 amide bonds. The Morgan fingerprint density at radius 1 is 0.270 bits per heavy atom. The van der Waals surface area contributed by atoms with E-state index in [1.54, 1.807) is 0 Å². The van der Waals surface area contributed by atoms with Crippen LogP contribution >= 0.6 is 14.9 Å². The van der Waals surface area contributed by atoms with Crippen molar-refractivity contribution in [2.45, 2.75) is 0 Å². The molecule has 2 aliphatic rings. The summed E-state index contributed by atoms with van der Waals surface area (Å²) in [5.41, 5.74) is 9.13. The van der Waals surface area contributed by atoms with Crippen LogP contribution in [0.15, 0.2) is 237 Å². The third-order valence-electron chi connectivity index (χ3n) is 12.2. The summed E-state index contributed by atoms with van der Waals surface area (Å²) in [5.74, 6) is 0. The van der Waals surface area contributed by atoms with E-state index in [1.165, 1.54) is 0 Å². The highest BCUT2D eigenvalue weighted by Crippen LogP contribution is 2.72. The first-order chi connectivity index (χ1) is 31.0. The average Bonchev–Trinajstić information content (AvgIpc) is 3.93. The number of hydrogen-bond donors (Lipinski definition) is 0. The van der Waals surface area contributed by atoms with Gasteiger partial charge in [-0.25, -0.2) is 0 Å². The van der Waals surface area contributed by atoms with Crippen molar-refractivity contribution in [2.24, 2.45) is 0 Å². The summed E-state index contributed by atoms with van der Waals surface area (Å²) in [6.07, 6.45) is 0. The normalized spacial score (nSPS) is 14.9. The number of hydrogen-bond acceptors (Lipinski definition) is 2. The van der Waals surface area contributed by atoms with Crippen LogP contribution in [0.4, 0.5) is 45.5 Å². The Balaban J connectivity index is 1.23. The summed E-state index contributed by atoms with van der Waals surface area (Å²) in [4.78, 5) is 0. The van der Waals surface area contributed by atoms with Gasteiger partial charge in [-0.05, 0) is 103 Å². The zero-order valence-corrected chi connectivity index (χ0v) is 35.8. The molecule has 0 N–H and O–H groups in total. The fraction of sp³-hybridized carbons (Fsp3) is 0. The van der Waals surface area contributed by atoms with Crippen molar-refractivity contribution in [3.05, 3.63) is 237 Å². The van der Waals surface area contributed by atoms with Crippen molar-refractivity contribution < 1.29 is 9.13 Å². The van der Waals surface area contributed by atoms with Crippen molar-refractivity contribution in [3.8, 4) is 5.69 Å². The molecule has 0 aliphatic carbocycles. The van der Waals surface area contributed by atoms with E-state index in [2.05, 4.69) is 65.2 Å². The van der Waals surface area contributed by atoms with Gasteiger partial charge in [0.25, 0.3) is 0 Å². The maximum absolute atomic E-state index is 17.5. The van der Waals surface area contributed by atoms with E-state index in [0.717, 1.165) is 73.0 Å². The lowest BCUT2D eigenvalue weighted by molar-refractivity contribution is 0.582. The molecule has 63 heavy (non-hydrogen) atoms. The number of aromatic nitrogens is 1. The van der Waals surface area contributed by atoms with Crippen molar-refractivity contribution in [3.63, 3.8) is 0 Å². The number of anilines is 8. The van der Waals surface area contributed by atoms with Gasteiger partial charge in [-0.3, -0.25) is 27.8 Å². The van der Waals surface area contributed by atoms with E-state index in [-0.39, 0.29) is 0 Å². The minimum absolute atomic E-state index is 0.535. The molecule has 10 aromatic rings. The lowest BCUT2D eigenvalue weighted by Gasteiger charge is -2.36. The molecule has 12 rings (SSSR count). The summed E-state index contributed by atoms with van der Waals surface area (Å²) in [7, 11) is -7.95. The first kappa shape index (κ1) is 37.2. The van der Waals surface area contributed by atoms with Gasteiger partial charge in [0, 0.05) is 39.2 Å². The van der Waals surface area contributed by atoms with Crippen molar-refractivity contribution in [1.82, 2.24) is 4.57 Å². The topological polar surface area (TPSA) is 52.0 Å². The number of rotatable bonds is 7. The highest BCUT2D eigenvalue weighted by Gasteiger charge is 2.53. The zero-order chi connectivity index (χ0) is 42.1. The summed E-state index contributed by atoms with van der Waals surface area (Å²) in [6, 6.07) is 78.9. The molecule has 2 aliphatic heterocycles. The molecule has 9 heteroatoms. The molecule has 0 radical (unpaired) electrons. The van der Waals surface area contributed by atoms with Crippen molar-refractivity contribution in [2.75, 3.05) is 18.7 Å². The van der Waals surface area contributed by atoms with Crippen LogP contribution in [0.3, 0.4) is 0 Å². The van der Waals surface area contributed by atoms with Gasteiger partial charge in [0.15, 0.2) is 0 Å². The van der Waals surface area contributed by atoms with Gasteiger partial charge in [0.05, 0.1) is 44.4 Å². The molecule has 0 spiro atoms. The molecule has 9 aromatic carbocycles. The van der Waals surface area contributed by atoms with E-state index in [0.29, 0.717) is 10.6 Å². The second-order valence-corrected chi connectivity index (χ2v) is 20.5. The Hall–Kier alpha value is -7.56. The summed E-state index contributed by atoms with van der Waals surface area (Å²) in [6.45, 7) is 0. The largest absolute Gasteiger partial charge is 0.309 e. The molecule has 0 bridgehead atoms. The Morgan fingerprint density at radius 3 is 0.857 bits per heavy atom. The molecule has 0 saturated carbocycles. The third-order valence-corrected chi connectivity index (χ3v) is 18.0. The predicted octanol–water partition coefficient (Wildman–Crippen LogP) is 14.4. The molecule has 302 valence electrons. The highest BCUT2D eigenvalue weighted by atomic mass is 31.2. The van der Waals surface area contributed by atoms with Crippen molar-refractivity contribution in [1.29, 1.82) is 0 Å². The van der Waals surface area contributed by atoms with E-state index in [1.807, 2.05) is 195 Å². The van der Waals surface area contributed by atoms with Crippen LogP contribution in [0.1, 0.15) is 0 Å². The van der Waals surface area contributed by atoms with E-state index >= 15 is 9.13 Å². The maximum atomic E-state index is 17.5. The summed E-state index contributed by atoms with van der Waals surface area (Å²) in [5, 5.41) is 3.25. The molecular weight excluding hydrogens is 813 g/mol. The Morgan fingerprint density at radius 2 is 0.540 bits per heavy atom. The molecule has 0 atom stereocenters. The molecule has 0 fully saturated rings. The highest BCUT2D eigenvalue weighted by molar-refractivity contribution is 7.77. The summed E-state index contributed by atoms with van der Waals surface area (Å²) >= 11 is 0. The fourth-order valence-corrected chi connectivity index (χ4v) is 15.8. The Labute approximate surface area is 365 Å². The first-order valence-corrected chi connectivity index (χ1v) is 24.2. The number of para-hydroxylation sites is 10. The molecule has 1 aromatic heterocycles. The van der Waals surface area contributed by atoms with Crippen LogP contribution in [0, 0.1) is 0 Å². The third kappa shape index (κ3) is 5.54. The fourth-order valence-electron chi connectivity index (χ4n) is 9.57. The van der Waals surface area contributed by atoms with Gasteiger partial charge < -0.3 is 4.57 Å². The molecule has 3 heterocycles. The minimum atomic E-state index is -3.98. The van der Waals surface area contributed by atoms with Crippen LogP contribution in [-0.4, -0.2) is 4.57 Å². The molecule has 7 nitrogen and oxygen atoms in total. The van der Waals surface area contributed by atoms with Crippen LogP contribution < -0.4 is 29.3 Å². The van der Waals surface area contributed by atoms with Gasteiger partial charge in [-0.1, -0.05) is 133 Å². The number of fused-ring (bicyclic) bond motifs is 5. The second kappa shape index (κ2) is 14.5. The molecule has 0 unspecified atom stereocenters. The standard InChI is InChI=1S/C54H39N5O2P2/c60-62(56(40-21-5-1-6-22-40)51-33-17-18-34-52(51)57(62)41-23-7-2-8-24-41)45-37-44(55-49-31-15-13-29-47(49)48-30-14-16-32-50(48)55)38-46(39-45)63(61)58(42-25-9-3-10-26-42)53-35-19-20-36-54(53)59(63)43-27-11-4-12-28-43/h1-39H. The SMILES string of the molecule is O=P1(c2cc(-n3c4ccccc4c4ccccc43)cc(P3(=O)N(c4ccccc4)c4ccccc4N3c3ccccc3)c2)N(c2ccccc2)c2ccccc2N1c1ccccc1. The average molecular weight is 852 g/mol. The second-order valence-electron chi connectivity index (χ2n) is 15.7. The van der Waals surface area contributed by atoms with Crippen LogP contribution in [-0.2, 0) is 9.13 Å². The number of benzene rings is 9. The van der Waals surface area contributed by atoms with Crippen LogP contribution in [0.25, 0.3) is 27.5 Å². The lowest BCUT2D eigenvalue weighted by Crippen LogP contribution is -2.32. The monoisotopic (exact) mass is 851 g/mol. The quantitative estimate of drug-likeness (QED) is 0.149. The Kier molecular flexibility index (Phi) is 8.58. The van der Waals surface area contributed by atoms with E-state index in [4.69, 9.17) is 0 Å². The first-order valence-electron chi connectivity index (χ1n) is 21.0. The van der Waals surface area contributed by atoms with Gasteiger partial charge >= 0.3 is 14.9 Å².